The zero-order chi connectivity index (χ0) is 19.0. The highest BCUT2D eigenvalue weighted by Gasteiger charge is 2.16. The summed E-state index contributed by atoms with van der Waals surface area (Å²) >= 11 is 5.13. The molecule has 0 aliphatic rings. The summed E-state index contributed by atoms with van der Waals surface area (Å²) in [5.41, 5.74) is 5.97. The summed E-state index contributed by atoms with van der Waals surface area (Å²) in [7, 11) is 2.03. The number of thiazole rings is 1. The lowest BCUT2D eigenvalue weighted by molar-refractivity contribution is 0.793. The Morgan fingerprint density at radius 1 is 1.07 bits per heavy atom. The number of hydrogen-bond acceptors (Lipinski definition) is 6. The maximum atomic E-state index is 4.79. The zero-order valence-electron chi connectivity index (χ0n) is 15.7. The van der Waals surface area contributed by atoms with Gasteiger partial charge in [-0.2, -0.15) is 0 Å². The number of aromatic nitrogens is 4. The Hall–Kier alpha value is -1.96. The molecule has 0 radical (unpaired) electrons. The molecule has 0 N–H and O–H groups in total. The highest BCUT2D eigenvalue weighted by Crippen LogP contribution is 2.32. The highest BCUT2D eigenvalue weighted by atomic mass is 32.2. The monoisotopic (exact) mass is 412 g/mol. The van der Waals surface area contributed by atoms with Crippen LogP contribution in [0.5, 0.6) is 0 Å². The van der Waals surface area contributed by atoms with Gasteiger partial charge in [0.1, 0.15) is 5.01 Å². The summed E-state index contributed by atoms with van der Waals surface area (Å²) < 4.78 is 2.08. The highest BCUT2D eigenvalue weighted by molar-refractivity contribution is 7.98. The third kappa shape index (κ3) is 3.72. The van der Waals surface area contributed by atoms with E-state index in [0.717, 1.165) is 27.4 Å². The van der Waals surface area contributed by atoms with Crippen molar-refractivity contribution in [3.63, 3.8) is 0 Å². The predicted octanol–water partition coefficient (Wildman–Crippen LogP) is 5.88. The van der Waals surface area contributed by atoms with Crippen LogP contribution >= 0.6 is 34.4 Å². The van der Waals surface area contributed by atoms with Crippen LogP contribution in [0, 0.1) is 20.8 Å². The number of rotatable bonds is 5. The number of thioether (sulfide) groups is 1. The van der Waals surface area contributed by atoms with E-state index in [9.17, 15) is 0 Å². The fraction of sp³-hybridized carbons (Fsp3) is 0.250. The van der Waals surface area contributed by atoms with Gasteiger partial charge in [0.05, 0.1) is 5.69 Å². The van der Waals surface area contributed by atoms with Crippen molar-refractivity contribution in [2.75, 3.05) is 0 Å². The van der Waals surface area contributed by atoms with Crippen LogP contribution in [-0.4, -0.2) is 19.7 Å². The third-order valence-corrected chi connectivity index (χ3v) is 7.53. The molecule has 3 heterocycles. The molecule has 1 aromatic carbocycles. The molecule has 0 saturated carbocycles. The Labute approximate surface area is 171 Å². The first-order valence-corrected chi connectivity index (χ1v) is 11.4. The van der Waals surface area contributed by atoms with Gasteiger partial charge in [-0.3, -0.25) is 0 Å². The predicted molar refractivity (Wildman–Crippen MR) is 116 cm³/mol. The van der Waals surface area contributed by atoms with E-state index in [1.54, 1.807) is 34.4 Å². The van der Waals surface area contributed by atoms with Crippen molar-refractivity contribution in [2.45, 2.75) is 31.7 Å². The Morgan fingerprint density at radius 3 is 2.67 bits per heavy atom. The molecule has 0 amide bonds. The van der Waals surface area contributed by atoms with E-state index in [2.05, 4.69) is 70.6 Å². The minimum atomic E-state index is 0.788. The minimum Gasteiger partial charge on any atom is -0.305 e. The number of aryl methyl sites for hydroxylation is 2. The van der Waals surface area contributed by atoms with Crippen molar-refractivity contribution in [3.05, 3.63) is 56.7 Å². The molecule has 7 heteroatoms. The molecule has 27 heavy (non-hydrogen) atoms. The SMILES string of the molecule is Cc1cccc(-c2nc(CSc3nnc(-c4csc(C)c4C)n3C)cs2)c1. The molecule has 3 aromatic heterocycles. The fourth-order valence-corrected chi connectivity index (χ4v) is 5.42. The van der Waals surface area contributed by atoms with Gasteiger partial charge in [0.25, 0.3) is 0 Å². The molecule has 4 aromatic rings. The number of nitrogens with zero attached hydrogens (tertiary/aromatic N) is 4. The van der Waals surface area contributed by atoms with Crippen LogP contribution in [-0.2, 0) is 12.8 Å². The van der Waals surface area contributed by atoms with Crippen LogP contribution < -0.4 is 0 Å². The quantitative estimate of drug-likeness (QED) is 0.384. The summed E-state index contributed by atoms with van der Waals surface area (Å²) in [5, 5.41) is 15.1. The second kappa shape index (κ2) is 7.58. The zero-order valence-corrected chi connectivity index (χ0v) is 18.1. The number of thiophene rings is 1. The molecule has 0 atom stereocenters. The van der Waals surface area contributed by atoms with Crippen molar-refractivity contribution >= 4 is 34.4 Å². The third-order valence-electron chi connectivity index (χ3n) is 4.53. The summed E-state index contributed by atoms with van der Waals surface area (Å²) in [5.74, 6) is 1.72. The van der Waals surface area contributed by atoms with Crippen molar-refractivity contribution in [1.29, 1.82) is 0 Å². The lowest BCUT2D eigenvalue weighted by Gasteiger charge is -2.03. The van der Waals surface area contributed by atoms with E-state index in [-0.39, 0.29) is 0 Å². The van der Waals surface area contributed by atoms with Gasteiger partial charge in [-0.15, -0.1) is 32.9 Å². The molecule has 0 saturated heterocycles. The summed E-state index contributed by atoms with van der Waals surface area (Å²) in [6, 6.07) is 8.48. The van der Waals surface area contributed by atoms with E-state index in [1.165, 1.54) is 27.1 Å². The van der Waals surface area contributed by atoms with E-state index >= 15 is 0 Å². The molecule has 4 nitrogen and oxygen atoms in total. The Balaban J connectivity index is 1.49. The Kier molecular flexibility index (Phi) is 5.16. The maximum absolute atomic E-state index is 4.79. The largest absolute Gasteiger partial charge is 0.305 e. The first-order chi connectivity index (χ1) is 13.0. The van der Waals surface area contributed by atoms with E-state index in [0.29, 0.717) is 0 Å². The molecule has 0 fully saturated rings. The normalized spacial score (nSPS) is 11.3. The Bertz CT molecular complexity index is 1090. The molecule has 138 valence electrons. The van der Waals surface area contributed by atoms with Crippen LogP contribution in [0.1, 0.15) is 21.7 Å². The van der Waals surface area contributed by atoms with Gasteiger partial charge in [-0.05, 0) is 32.4 Å². The summed E-state index contributed by atoms with van der Waals surface area (Å²) in [6.07, 6.45) is 0. The first kappa shape index (κ1) is 18.4. The number of hydrogen-bond donors (Lipinski definition) is 0. The first-order valence-electron chi connectivity index (χ1n) is 8.61. The van der Waals surface area contributed by atoms with Crippen molar-refractivity contribution in [1.82, 2.24) is 19.7 Å². The minimum absolute atomic E-state index is 0.788. The lowest BCUT2D eigenvalue weighted by Crippen LogP contribution is -1.95. The summed E-state index contributed by atoms with van der Waals surface area (Å²) in [4.78, 5) is 6.12. The van der Waals surface area contributed by atoms with Gasteiger partial charge < -0.3 is 4.57 Å². The van der Waals surface area contributed by atoms with Gasteiger partial charge in [0.15, 0.2) is 11.0 Å². The topological polar surface area (TPSA) is 43.6 Å². The Morgan fingerprint density at radius 2 is 1.93 bits per heavy atom. The van der Waals surface area contributed by atoms with Crippen LogP contribution in [0.25, 0.3) is 22.0 Å². The van der Waals surface area contributed by atoms with Crippen molar-refractivity contribution in [3.8, 4) is 22.0 Å². The average molecular weight is 413 g/mol. The molecular formula is C20H20N4S3. The van der Waals surface area contributed by atoms with E-state index in [4.69, 9.17) is 4.98 Å². The van der Waals surface area contributed by atoms with Gasteiger partial charge in [-0.25, -0.2) is 4.98 Å². The van der Waals surface area contributed by atoms with Gasteiger partial charge in [0.2, 0.25) is 0 Å². The molecule has 0 bridgehead atoms. The molecule has 0 unspecified atom stereocenters. The van der Waals surface area contributed by atoms with Gasteiger partial charge in [0, 0.05) is 39.6 Å². The fourth-order valence-electron chi connectivity index (χ4n) is 2.83. The maximum Gasteiger partial charge on any atom is 0.191 e. The average Bonchev–Trinajstić information content (AvgIpc) is 3.35. The van der Waals surface area contributed by atoms with E-state index < -0.39 is 0 Å². The second-order valence-corrected chi connectivity index (χ2v) is 9.38. The number of benzene rings is 1. The molecule has 0 aliphatic heterocycles. The standard InChI is InChI=1S/C20H20N4S3/c1-12-6-5-7-15(8-12)19-21-16(9-26-19)10-27-20-23-22-18(24(20)4)17-11-25-14(3)13(17)2/h5-9,11H,10H2,1-4H3. The van der Waals surface area contributed by atoms with Gasteiger partial charge >= 0.3 is 0 Å². The second-order valence-electron chi connectivity index (χ2n) is 6.50. The van der Waals surface area contributed by atoms with Crippen LogP contribution in [0.3, 0.4) is 0 Å². The summed E-state index contributed by atoms with van der Waals surface area (Å²) in [6.45, 7) is 6.39. The van der Waals surface area contributed by atoms with Crippen LogP contribution in [0.2, 0.25) is 0 Å². The molecule has 0 aliphatic carbocycles. The van der Waals surface area contributed by atoms with Crippen molar-refractivity contribution < 1.29 is 0 Å². The van der Waals surface area contributed by atoms with Crippen LogP contribution in [0.4, 0.5) is 0 Å². The lowest BCUT2D eigenvalue weighted by atomic mass is 10.1. The van der Waals surface area contributed by atoms with Crippen LogP contribution in [0.15, 0.2) is 40.2 Å². The molecule has 4 rings (SSSR count). The smallest absolute Gasteiger partial charge is 0.191 e. The van der Waals surface area contributed by atoms with Gasteiger partial charge in [-0.1, -0.05) is 35.5 Å². The molecule has 0 spiro atoms. The molecular weight excluding hydrogens is 392 g/mol. The van der Waals surface area contributed by atoms with E-state index in [1.807, 2.05) is 7.05 Å². The van der Waals surface area contributed by atoms with Crippen molar-refractivity contribution in [2.24, 2.45) is 7.05 Å².